The van der Waals surface area contributed by atoms with E-state index in [2.05, 4.69) is 0 Å². The van der Waals surface area contributed by atoms with E-state index in [1.807, 2.05) is 19.1 Å². The molecule has 2 N–H and O–H groups in total. The van der Waals surface area contributed by atoms with Crippen LogP contribution in [0, 0.1) is 17.6 Å². The van der Waals surface area contributed by atoms with Crippen molar-refractivity contribution in [2.24, 2.45) is 5.92 Å². The Balaban J connectivity index is 0.000000248. The monoisotopic (exact) mass is 416 g/mol. The number of rotatable bonds is 6. The number of benzene rings is 2. The second kappa shape index (κ2) is 11.4. The van der Waals surface area contributed by atoms with Crippen LogP contribution in [-0.4, -0.2) is 28.1 Å². The van der Waals surface area contributed by atoms with Crippen molar-refractivity contribution in [1.82, 2.24) is 0 Å². The predicted molar refractivity (Wildman–Crippen MR) is 110 cm³/mol. The van der Waals surface area contributed by atoms with E-state index in [9.17, 15) is 23.5 Å². The lowest BCUT2D eigenvalue weighted by atomic mass is 10.0. The molecule has 0 bridgehead atoms. The first-order chi connectivity index (χ1) is 14.3. The number of aliphatic hydroxyl groups is 1. The average molecular weight is 416 g/mol. The number of aromatic carboxylic acids is 1. The Kier molecular flexibility index (Phi) is 8.87. The van der Waals surface area contributed by atoms with Gasteiger partial charge in [0.1, 0.15) is 5.78 Å². The van der Waals surface area contributed by atoms with Gasteiger partial charge < -0.3 is 10.2 Å². The Bertz CT molecular complexity index is 891. The summed E-state index contributed by atoms with van der Waals surface area (Å²) in [7, 11) is 0. The van der Waals surface area contributed by atoms with Crippen LogP contribution in [0.15, 0.2) is 54.6 Å². The van der Waals surface area contributed by atoms with E-state index < -0.39 is 23.7 Å². The van der Waals surface area contributed by atoms with Crippen LogP contribution in [-0.2, 0) is 17.6 Å². The van der Waals surface area contributed by atoms with Crippen molar-refractivity contribution in [1.29, 1.82) is 0 Å². The van der Waals surface area contributed by atoms with E-state index in [1.165, 1.54) is 12.1 Å². The number of halogens is 2. The van der Waals surface area contributed by atoms with E-state index in [1.54, 1.807) is 24.3 Å². The molecule has 1 aliphatic rings. The Morgan fingerprint density at radius 3 is 2.47 bits per heavy atom. The minimum Gasteiger partial charge on any atom is -0.478 e. The van der Waals surface area contributed by atoms with Gasteiger partial charge in [0.2, 0.25) is 0 Å². The average Bonchev–Trinajstić information content (AvgIpc) is 3.15. The lowest BCUT2D eigenvalue weighted by Gasteiger charge is -2.08. The van der Waals surface area contributed by atoms with Gasteiger partial charge in [-0.1, -0.05) is 43.3 Å². The van der Waals surface area contributed by atoms with Gasteiger partial charge in [-0.25, -0.2) is 13.6 Å². The van der Waals surface area contributed by atoms with Gasteiger partial charge in [-0.05, 0) is 48.1 Å². The minimum atomic E-state index is -0.911. The number of aryl methyl sites for hydroxylation is 1. The third kappa shape index (κ3) is 7.19. The van der Waals surface area contributed by atoms with E-state index in [-0.39, 0.29) is 23.7 Å². The fraction of sp³-hybridized carbons (Fsp3) is 0.333. The molecule has 3 rings (SSSR count). The number of hydrogen-bond donors (Lipinski definition) is 2. The zero-order chi connectivity index (χ0) is 22.1. The summed E-state index contributed by atoms with van der Waals surface area (Å²) in [6.45, 7) is 2.04. The summed E-state index contributed by atoms with van der Waals surface area (Å²) in [5.41, 5.74) is 1.66. The van der Waals surface area contributed by atoms with E-state index in [0.29, 0.717) is 18.4 Å². The SMILES string of the molecule is CCc1ccc(C(=O)O)cc1.O=C1CC[C@H](/C=C/C(O)Cc2cccc(F)c2F)C1. The molecule has 30 heavy (non-hydrogen) atoms. The van der Waals surface area contributed by atoms with Crippen LogP contribution in [0.25, 0.3) is 0 Å². The van der Waals surface area contributed by atoms with Crippen molar-refractivity contribution in [2.75, 3.05) is 0 Å². The number of ketones is 1. The third-order valence-corrected chi connectivity index (χ3v) is 4.96. The van der Waals surface area contributed by atoms with Gasteiger partial charge in [0.05, 0.1) is 11.7 Å². The molecule has 2 aromatic carbocycles. The maximum absolute atomic E-state index is 13.4. The maximum atomic E-state index is 13.4. The number of carboxylic acid groups (broad SMARTS) is 1. The summed E-state index contributed by atoms with van der Waals surface area (Å²) >= 11 is 0. The molecule has 1 unspecified atom stereocenters. The van der Waals surface area contributed by atoms with Crippen LogP contribution in [0.5, 0.6) is 0 Å². The molecule has 1 saturated carbocycles. The summed E-state index contributed by atoms with van der Waals surface area (Å²) in [4.78, 5) is 21.5. The number of aliphatic hydroxyl groups excluding tert-OH is 1. The first kappa shape index (κ1) is 23.4. The highest BCUT2D eigenvalue weighted by molar-refractivity contribution is 5.87. The summed E-state index contributed by atoms with van der Waals surface area (Å²) in [6.07, 6.45) is 5.37. The van der Waals surface area contributed by atoms with Gasteiger partial charge in [0.15, 0.2) is 11.6 Å². The van der Waals surface area contributed by atoms with Gasteiger partial charge >= 0.3 is 5.97 Å². The van der Waals surface area contributed by atoms with Gasteiger partial charge in [0, 0.05) is 19.3 Å². The summed E-state index contributed by atoms with van der Waals surface area (Å²) in [5, 5.41) is 18.3. The molecule has 0 heterocycles. The van der Waals surface area contributed by atoms with E-state index in [0.717, 1.165) is 24.5 Å². The van der Waals surface area contributed by atoms with Crippen molar-refractivity contribution in [3.8, 4) is 0 Å². The first-order valence-electron chi connectivity index (χ1n) is 9.93. The lowest BCUT2D eigenvalue weighted by Crippen LogP contribution is -2.09. The molecule has 2 aromatic rings. The summed E-state index contributed by atoms with van der Waals surface area (Å²) < 4.78 is 26.4. The predicted octanol–water partition coefficient (Wildman–Crippen LogP) is 4.74. The summed E-state index contributed by atoms with van der Waals surface area (Å²) in [6, 6.07) is 10.8. The Labute approximate surface area is 174 Å². The minimum absolute atomic E-state index is 0.0285. The smallest absolute Gasteiger partial charge is 0.335 e. The molecular weight excluding hydrogens is 390 g/mol. The Hall–Kier alpha value is -2.86. The van der Waals surface area contributed by atoms with E-state index >= 15 is 0 Å². The molecule has 2 atom stereocenters. The molecule has 0 amide bonds. The van der Waals surface area contributed by atoms with Crippen LogP contribution < -0.4 is 0 Å². The second-order valence-corrected chi connectivity index (χ2v) is 7.27. The molecular formula is C24H26F2O4. The molecule has 0 saturated heterocycles. The van der Waals surface area contributed by atoms with Crippen LogP contribution >= 0.6 is 0 Å². The van der Waals surface area contributed by atoms with Crippen LogP contribution in [0.4, 0.5) is 8.78 Å². The zero-order valence-corrected chi connectivity index (χ0v) is 16.9. The van der Waals surface area contributed by atoms with Crippen LogP contribution in [0.3, 0.4) is 0 Å². The molecule has 1 fully saturated rings. The normalized spacial score (nSPS) is 16.9. The number of Topliss-reactive ketones (excluding diaryl/α,β-unsaturated/α-hetero) is 1. The first-order valence-corrected chi connectivity index (χ1v) is 9.93. The van der Waals surface area contributed by atoms with Gasteiger partial charge in [0.25, 0.3) is 0 Å². The topological polar surface area (TPSA) is 74.6 Å². The van der Waals surface area contributed by atoms with Crippen LogP contribution in [0.1, 0.15) is 47.7 Å². The highest BCUT2D eigenvalue weighted by Crippen LogP contribution is 2.23. The maximum Gasteiger partial charge on any atom is 0.335 e. The fourth-order valence-corrected chi connectivity index (χ4v) is 3.18. The Morgan fingerprint density at radius 1 is 1.20 bits per heavy atom. The molecule has 0 aliphatic heterocycles. The molecule has 0 spiro atoms. The Morgan fingerprint density at radius 2 is 1.90 bits per heavy atom. The highest BCUT2D eigenvalue weighted by atomic mass is 19.2. The van der Waals surface area contributed by atoms with Crippen molar-refractivity contribution < 1.29 is 28.6 Å². The molecule has 160 valence electrons. The largest absolute Gasteiger partial charge is 0.478 e. The molecule has 0 radical (unpaired) electrons. The van der Waals surface area contributed by atoms with Crippen molar-refractivity contribution >= 4 is 11.8 Å². The number of carbonyl (C=O) groups excluding carboxylic acids is 1. The van der Waals surface area contributed by atoms with E-state index in [4.69, 9.17) is 5.11 Å². The van der Waals surface area contributed by atoms with Gasteiger partial charge in [-0.2, -0.15) is 0 Å². The zero-order valence-electron chi connectivity index (χ0n) is 16.9. The molecule has 4 nitrogen and oxygen atoms in total. The van der Waals surface area contributed by atoms with Crippen molar-refractivity contribution in [3.05, 3.63) is 82.9 Å². The quantitative estimate of drug-likeness (QED) is 0.667. The molecule has 1 aliphatic carbocycles. The van der Waals surface area contributed by atoms with Gasteiger partial charge in [-0.15, -0.1) is 0 Å². The van der Waals surface area contributed by atoms with Crippen molar-refractivity contribution in [2.45, 2.75) is 45.1 Å². The van der Waals surface area contributed by atoms with Crippen molar-refractivity contribution in [3.63, 3.8) is 0 Å². The number of carboxylic acids is 1. The van der Waals surface area contributed by atoms with Gasteiger partial charge in [-0.3, -0.25) is 4.79 Å². The number of hydrogen-bond acceptors (Lipinski definition) is 3. The summed E-state index contributed by atoms with van der Waals surface area (Å²) in [5.74, 6) is -2.28. The van der Waals surface area contributed by atoms with Crippen LogP contribution in [0.2, 0.25) is 0 Å². The third-order valence-electron chi connectivity index (χ3n) is 4.96. The molecule has 0 aromatic heterocycles. The second-order valence-electron chi connectivity index (χ2n) is 7.27. The number of carbonyl (C=O) groups is 2. The highest BCUT2D eigenvalue weighted by Gasteiger charge is 2.19. The lowest BCUT2D eigenvalue weighted by molar-refractivity contribution is -0.117. The fourth-order valence-electron chi connectivity index (χ4n) is 3.18. The standard InChI is InChI=1S/C15H16F2O2.C9H10O2/c16-14-3-1-2-11(15(14)17)9-13(19)7-5-10-4-6-12(18)8-10;1-2-7-3-5-8(6-4-7)9(10)11/h1-3,5,7,10,13,19H,4,6,8-9H2;3-6H,2H2,1H3,(H,10,11)/b7-5+;/t10-,13?;/m1./s1. The number of allylic oxidation sites excluding steroid dienone is 1. The molecule has 6 heteroatoms.